The van der Waals surface area contributed by atoms with Gasteiger partial charge in [0.2, 0.25) is 0 Å². The van der Waals surface area contributed by atoms with E-state index in [1.54, 1.807) is 19.4 Å². The van der Waals surface area contributed by atoms with Crippen LogP contribution in [-0.4, -0.2) is 27.8 Å². The predicted octanol–water partition coefficient (Wildman–Crippen LogP) is 6.27. The second-order valence-corrected chi connectivity index (χ2v) is 8.65. The molecule has 0 saturated carbocycles. The first-order valence-electron chi connectivity index (χ1n) is 11.4. The number of anilines is 1. The van der Waals surface area contributed by atoms with Crippen molar-refractivity contribution in [3.05, 3.63) is 101 Å². The normalized spacial score (nSPS) is 11.0. The van der Waals surface area contributed by atoms with Gasteiger partial charge in [-0.1, -0.05) is 35.4 Å². The van der Waals surface area contributed by atoms with Crippen molar-refractivity contribution in [2.24, 2.45) is 0 Å². The summed E-state index contributed by atoms with van der Waals surface area (Å²) in [6.45, 7) is 6.08. The van der Waals surface area contributed by atoms with Gasteiger partial charge in [-0.05, 0) is 63.2 Å². The first-order valence-corrected chi connectivity index (χ1v) is 11.4. The number of hydrogen-bond acceptors (Lipinski definition) is 4. The lowest BCUT2D eigenvalue weighted by molar-refractivity contribution is 0.102. The van der Waals surface area contributed by atoms with E-state index in [0.717, 1.165) is 33.4 Å². The number of methoxy groups -OCH3 is 1. The molecule has 0 aliphatic heterocycles. The highest BCUT2D eigenvalue weighted by Crippen LogP contribution is 2.29. The summed E-state index contributed by atoms with van der Waals surface area (Å²) in [5, 5.41) is 8.42. The van der Waals surface area contributed by atoms with Crippen LogP contribution in [0.4, 0.5) is 5.69 Å². The van der Waals surface area contributed by atoms with Crippen LogP contribution in [0.15, 0.2) is 79.0 Å². The maximum atomic E-state index is 13.5. The van der Waals surface area contributed by atoms with Crippen LogP contribution in [0.25, 0.3) is 27.8 Å². The van der Waals surface area contributed by atoms with Crippen LogP contribution in [0.2, 0.25) is 0 Å². The van der Waals surface area contributed by atoms with Crippen LogP contribution in [-0.2, 0) is 0 Å². The summed E-state index contributed by atoms with van der Waals surface area (Å²) in [6, 6.07) is 23.3. The zero-order valence-electron chi connectivity index (χ0n) is 20.2. The van der Waals surface area contributed by atoms with Crippen molar-refractivity contribution in [3.8, 4) is 22.7 Å². The minimum Gasteiger partial charge on any atom is -0.497 e. The fourth-order valence-corrected chi connectivity index (χ4v) is 4.17. The number of carbonyl (C=O) groups excluding carboxylic acids is 1. The monoisotopic (exact) mass is 462 g/mol. The van der Waals surface area contributed by atoms with Gasteiger partial charge in [0.05, 0.1) is 41.5 Å². The second kappa shape index (κ2) is 9.06. The molecular weight excluding hydrogens is 436 g/mol. The number of nitrogens with one attached hydrogen (secondary N) is 1. The third-order valence-corrected chi connectivity index (χ3v) is 6.10. The Morgan fingerprint density at radius 3 is 2.46 bits per heavy atom. The minimum atomic E-state index is -0.207. The summed E-state index contributed by atoms with van der Waals surface area (Å²) in [5.74, 6) is 0.471. The van der Waals surface area contributed by atoms with Gasteiger partial charge in [-0.15, -0.1) is 0 Å². The number of hydrogen-bond donors (Lipinski definition) is 1. The van der Waals surface area contributed by atoms with E-state index in [9.17, 15) is 4.79 Å². The molecule has 1 N–H and O–H groups in total. The molecule has 0 saturated heterocycles. The second-order valence-electron chi connectivity index (χ2n) is 8.65. The van der Waals surface area contributed by atoms with Crippen LogP contribution in [0.3, 0.4) is 0 Å². The molecule has 0 bridgehead atoms. The van der Waals surface area contributed by atoms with Gasteiger partial charge in [0.15, 0.2) is 0 Å². The Labute approximate surface area is 204 Å². The fourth-order valence-electron chi connectivity index (χ4n) is 4.17. The zero-order chi connectivity index (χ0) is 24.5. The molecule has 5 rings (SSSR count). The Hall–Kier alpha value is -4.45. The fraction of sp³-hybridized carbons (Fsp3) is 0.138. The van der Waals surface area contributed by atoms with Gasteiger partial charge >= 0.3 is 0 Å². The molecule has 6 nitrogen and oxygen atoms in total. The van der Waals surface area contributed by atoms with Gasteiger partial charge in [0.25, 0.3) is 5.91 Å². The lowest BCUT2D eigenvalue weighted by Gasteiger charge is -2.12. The number of ether oxygens (including phenoxy) is 1. The predicted molar refractivity (Wildman–Crippen MR) is 139 cm³/mol. The molecule has 0 fully saturated rings. The largest absolute Gasteiger partial charge is 0.497 e. The van der Waals surface area contributed by atoms with Gasteiger partial charge in [-0.25, -0.2) is 9.67 Å². The summed E-state index contributed by atoms with van der Waals surface area (Å²) in [7, 11) is 1.60. The van der Waals surface area contributed by atoms with Crippen LogP contribution >= 0.6 is 0 Å². The number of pyridine rings is 1. The summed E-state index contributed by atoms with van der Waals surface area (Å²) in [4.78, 5) is 18.4. The van der Waals surface area contributed by atoms with E-state index < -0.39 is 0 Å². The number of carbonyl (C=O) groups is 1. The summed E-state index contributed by atoms with van der Waals surface area (Å²) < 4.78 is 7.19. The number of rotatable bonds is 5. The van der Waals surface area contributed by atoms with Gasteiger partial charge in [-0.2, -0.15) is 5.10 Å². The van der Waals surface area contributed by atoms with Crippen LogP contribution in [0.5, 0.6) is 5.75 Å². The average Bonchev–Trinajstić information content (AvgIpc) is 3.25. The minimum absolute atomic E-state index is 0.207. The average molecular weight is 463 g/mol. The topological polar surface area (TPSA) is 69.0 Å². The number of benzene rings is 3. The number of aromatic nitrogens is 3. The van der Waals surface area contributed by atoms with E-state index >= 15 is 0 Å². The highest BCUT2D eigenvalue weighted by molar-refractivity contribution is 6.13. The highest BCUT2D eigenvalue weighted by atomic mass is 16.5. The lowest BCUT2D eigenvalue weighted by Crippen LogP contribution is -2.13. The maximum absolute atomic E-state index is 13.5. The third kappa shape index (κ3) is 4.38. The van der Waals surface area contributed by atoms with Crippen molar-refractivity contribution in [2.75, 3.05) is 12.4 Å². The van der Waals surface area contributed by atoms with Crippen molar-refractivity contribution in [1.29, 1.82) is 0 Å². The molecule has 0 unspecified atom stereocenters. The molecule has 1 amide bonds. The molecule has 35 heavy (non-hydrogen) atoms. The molecule has 0 atom stereocenters. The molecule has 2 aromatic heterocycles. The van der Waals surface area contributed by atoms with E-state index in [-0.39, 0.29) is 5.91 Å². The molecule has 6 heteroatoms. The summed E-state index contributed by atoms with van der Waals surface area (Å²) in [6.07, 6.45) is 1.81. The smallest absolute Gasteiger partial charge is 0.256 e. The van der Waals surface area contributed by atoms with E-state index in [1.165, 1.54) is 5.56 Å². The van der Waals surface area contributed by atoms with Crippen LogP contribution in [0, 0.1) is 20.8 Å². The number of fused-ring (bicyclic) bond motifs is 1. The molecule has 0 aliphatic carbocycles. The molecule has 0 aliphatic rings. The van der Waals surface area contributed by atoms with E-state index in [2.05, 4.69) is 29.5 Å². The first kappa shape index (κ1) is 22.3. The number of nitrogens with zero attached hydrogens (tertiary/aromatic N) is 3. The van der Waals surface area contributed by atoms with Crippen molar-refractivity contribution < 1.29 is 9.53 Å². The Balaban J connectivity index is 1.60. The standard InChI is InChI=1S/C29H26N4O2/c1-18-8-11-22(12-9-18)33-20(3)26(17-30-33)28-16-25(24-14-19(2)10-13-27(24)32-28)29(34)31-21-6-5-7-23(15-21)35-4/h5-17H,1-4H3,(H,31,34). The Bertz CT molecular complexity index is 1550. The Morgan fingerprint density at radius 2 is 1.69 bits per heavy atom. The van der Waals surface area contributed by atoms with Crippen molar-refractivity contribution in [1.82, 2.24) is 14.8 Å². The third-order valence-electron chi connectivity index (χ3n) is 6.10. The van der Waals surface area contributed by atoms with Crippen LogP contribution in [0.1, 0.15) is 27.2 Å². The van der Waals surface area contributed by atoms with Gasteiger partial charge < -0.3 is 10.1 Å². The van der Waals surface area contributed by atoms with Gasteiger partial charge in [0, 0.05) is 22.7 Å². The van der Waals surface area contributed by atoms with Crippen molar-refractivity contribution in [2.45, 2.75) is 20.8 Å². The molecular formula is C29H26N4O2. The summed E-state index contributed by atoms with van der Waals surface area (Å²) >= 11 is 0. The summed E-state index contributed by atoms with van der Waals surface area (Å²) in [5.41, 5.74) is 7.74. The number of aryl methyl sites for hydroxylation is 2. The molecule has 0 spiro atoms. The van der Waals surface area contributed by atoms with Crippen LogP contribution < -0.4 is 10.1 Å². The molecule has 2 heterocycles. The first-order chi connectivity index (χ1) is 16.9. The number of amides is 1. The van der Waals surface area contributed by atoms with Gasteiger partial charge in [0.1, 0.15) is 5.75 Å². The van der Waals surface area contributed by atoms with Crippen molar-refractivity contribution in [3.63, 3.8) is 0 Å². The maximum Gasteiger partial charge on any atom is 0.256 e. The van der Waals surface area contributed by atoms with E-state index in [0.29, 0.717) is 22.7 Å². The van der Waals surface area contributed by atoms with Crippen molar-refractivity contribution >= 4 is 22.5 Å². The van der Waals surface area contributed by atoms with E-state index in [4.69, 9.17) is 9.72 Å². The highest BCUT2D eigenvalue weighted by Gasteiger charge is 2.18. The molecule has 5 aromatic rings. The molecule has 0 radical (unpaired) electrons. The molecule has 174 valence electrons. The molecule has 3 aromatic carbocycles. The van der Waals surface area contributed by atoms with E-state index in [1.807, 2.05) is 73.1 Å². The van der Waals surface area contributed by atoms with Gasteiger partial charge in [-0.3, -0.25) is 4.79 Å². The zero-order valence-corrected chi connectivity index (χ0v) is 20.2. The Morgan fingerprint density at radius 1 is 0.914 bits per heavy atom. The SMILES string of the molecule is COc1cccc(NC(=O)c2cc(-c3cnn(-c4ccc(C)cc4)c3C)nc3ccc(C)cc23)c1. The quantitative estimate of drug-likeness (QED) is 0.334. The Kier molecular flexibility index (Phi) is 5.79. The lowest BCUT2D eigenvalue weighted by atomic mass is 10.0.